The maximum atomic E-state index is 12.0. The molecule has 1 aliphatic heterocycles. The van der Waals surface area contributed by atoms with Crippen molar-refractivity contribution >= 4 is 34.3 Å². The van der Waals surface area contributed by atoms with Crippen molar-refractivity contribution in [1.29, 1.82) is 0 Å². The number of nitrogens with one attached hydrogen (secondary N) is 1. The summed E-state index contributed by atoms with van der Waals surface area (Å²) >= 11 is 0. The summed E-state index contributed by atoms with van der Waals surface area (Å²) in [4.78, 5) is 16.4. The van der Waals surface area contributed by atoms with Crippen LogP contribution in [0, 0.1) is 0 Å². The normalized spacial score (nSPS) is 15.6. The molecule has 4 rings (SSSR count). The summed E-state index contributed by atoms with van der Waals surface area (Å²) < 4.78 is 5.63. The Morgan fingerprint density at radius 1 is 1.05 bits per heavy atom. The Morgan fingerprint density at radius 3 is 2.75 bits per heavy atom. The second-order valence-electron chi connectivity index (χ2n) is 4.58. The minimum Gasteiger partial charge on any atom is -0.437 e. The molecule has 4 nitrogen and oxygen atoms in total. The van der Waals surface area contributed by atoms with Gasteiger partial charge >= 0.3 is 0 Å². The van der Waals surface area contributed by atoms with E-state index in [9.17, 15) is 4.79 Å². The molecule has 0 bridgehead atoms. The summed E-state index contributed by atoms with van der Waals surface area (Å²) in [6.45, 7) is 0. The molecular formula is C16H10N2O2. The van der Waals surface area contributed by atoms with Crippen molar-refractivity contribution in [2.75, 3.05) is 5.32 Å². The number of nitrogens with zero attached hydrogens (tertiary/aromatic N) is 1. The lowest BCUT2D eigenvalue weighted by Crippen LogP contribution is -2.03. The Hall–Kier alpha value is -2.88. The number of benzene rings is 2. The van der Waals surface area contributed by atoms with E-state index in [2.05, 4.69) is 10.3 Å². The number of hydrogen-bond acceptors (Lipinski definition) is 3. The Labute approximate surface area is 114 Å². The number of amides is 1. The van der Waals surface area contributed by atoms with E-state index in [0.717, 1.165) is 16.8 Å². The zero-order chi connectivity index (χ0) is 13.5. The molecule has 0 unspecified atom stereocenters. The van der Waals surface area contributed by atoms with Gasteiger partial charge in [-0.2, -0.15) is 0 Å². The quantitative estimate of drug-likeness (QED) is 0.684. The van der Waals surface area contributed by atoms with E-state index in [1.165, 1.54) is 0 Å². The van der Waals surface area contributed by atoms with Crippen LogP contribution >= 0.6 is 0 Å². The molecule has 0 spiro atoms. The zero-order valence-corrected chi connectivity index (χ0v) is 10.5. The summed E-state index contributed by atoms with van der Waals surface area (Å²) in [6.07, 6.45) is 1.68. The standard InChI is InChI=1S/C16H10N2O2/c19-16-11(10-5-1-2-6-12(10)18-16)9-15-17-13-7-3-4-8-14(13)20-15/h1-9H,(H,18,19)/b11-9+. The maximum Gasteiger partial charge on any atom is 0.256 e. The molecule has 2 heterocycles. The molecule has 0 atom stereocenters. The average molecular weight is 262 g/mol. The Balaban J connectivity index is 1.85. The Morgan fingerprint density at radius 2 is 1.85 bits per heavy atom. The first-order chi connectivity index (χ1) is 9.81. The molecule has 1 amide bonds. The molecule has 0 saturated heterocycles. The number of fused-ring (bicyclic) bond motifs is 2. The topological polar surface area (TPSA) is 55.1 Å². The minimum atomic E-state index is -0.131. The maximum absolute atomic E-state index is 12.0. The molecule has 0 fully saturated rings. The highest BCUT2D eigenvalue weighted by Crippen LogP contribution is 2.32. The van der Waals surface area contributed by atoms with Crippen LogP contribution in [0.4, 0.5) is 5.69 Å². The van der Waals surface area contributed by atoms with Gasteiger partial charge in [0.25, 0.3) is 5.91 Å². The monoisotopic (exact) mass is 262 g/mol. The van der Waals surface area contributed by atoms with Gasteiger partial charge in [0.15, 0.2) is 5.58 Å². The van der Waals surface area contributed by atoms with Crippen molar-refractivity contribution in [2.24, 2.45) is 0 Å². The highest BCUT2D eigenvalue weighted by Gasteiger charge is 2.24. The predicted molar refractivity (Wildman–Crippen MR) is 77.0 cm³/mol. The van der Waals surface area contributed by atoms with Gasteiger partial charge in [0.2, 0.25) is 5.89 Å². The molecule has 0 radical (unpaired) electrons. The van der Waals surface area contributed by atoms with Crippen molar-refractivity contribution in [3.63, 3.8) is 0 Å². The fourth-order valence-corrected chi connectivity index (χ4v) is 2.36. The molecule has 20 heavy (non-hydrogen) atoms. The lowest BCUT2D eigenvalue weighted by atomic mass is 10.1. The average Bonchev–Trinajstić information content (AvgIpc) is 3.00. The lowest BCUT2D eigenvalue weighted by molar-refractivity contribution is -0.110. The number of para-hydroxylation sites is 3. The van der Waals surface area contributed by atoms with Crippen LogP contribution in [0.25, 0.3) is 22.7 Å². The SMILES string of the molecule is O=C1Nc2ccccc2/C1=C\c1nc2ccccc2o1. The number of hydrogen-bond donors (Lipinski definition) is 1. The second-order valence-corrected chi connectivity index (χ2v) is 4.58. The van der Waals surface area contributed by atoms with Crippen LogP contribution in [0.3, 0.4) is 0 Å². The van der Waals surface area contributed by atoms with Gasteiger partial charge in [0.1, 0.15) is 5.52 Å². The Bertz CT molecular complexity index is 829. The first-order valence-corrected chi connectivity index (χ1v) is 6.29. The number of anilines is 1. The molecule has 4 heteroatoms. The van der Waals surface area contributed by atoms with Crippen LogP contribution in [0.5, 0.6) is 0 Å². The van der Waals surface area contributed by atoms with E-state index in [4.69, 9.17) is 4.42 Å². The lowest BCUT2D eigenvalue weighted by Gasteiger charge is -1.95. The summed E-state index contributed by atoms with van der Waals surface area (Å²) in [5.74, 6) is 0.307. The number of rotatable bonds is 1. The first-order valence-electron chi connectivity index (χ1n) is 6.29. The third kappa shape index (κ3) is 1.62. The van der Waals surface area contributed by atoms with Gasteiger partial charge in [-0.05, 0) is 18.2 Å². The highest BCUT2D eigenvalue weighted by molar-refractivity contribution is 6.34. The first kappa shape index (κ1) is 11.0. The minimum absolute atomic E-state index is 0.131. The van der Waals surface area contributed by atoms with E-state index in [1.54, 1.807) is 6.08 Å². The van der Waals surface area contributed by atoms with Gasteiger partial charge in [-0.15, -0.1) is 0 Å². The number of carbonyl (C=O) groups is 1. The third-order valence-electron chi connectivity index (χ3n) is 3.29. The summed E-state index contributed by atoms with van der Waals surface area (Å²) in [5, 5.41) is 2.82. The fraction of sp³-hybridized carbons (Fsp3) is 0. The molecule has 1 N–H and O–H groups in total. The molecule has 0 saturated carbocycles. The highest BCUT2D eigenvalue weighted by atomic mass is 16.3. The molecule has 2 aromatic carbocycles. The van der Waals surface area contributed by atoms with Gasteiger partial charge in [-0.25, -0.2) is 4.98 Å². The van der Waals surface area contributed by atoms with E-state index in [0.29, 0.717) is 17.0 Å². The Kier molecular flexibility index (Phi) is 2.23. The van der Waals surface area contributed by atoms with Crippen molar-refractivity contribution in [1.82, 2.24) is 4.98 Å². The third-order valence-corrected chi connectivity index (χ3v) is 3.29. The molecular weight excluding hydrogens is 252 g/mol. The van der Waals surface area contributed by atoms with Crippen molar-refractivity contribution in [3.8, 4) is 0 Å². The van der Waals surface area contributed by atoms with Gasteiger partial charge in [-0.3, -0.25) is 4.79 Å². The summed E-state index contributed by atoms with van der Waals surface area (Å²) in [7, 11) is 0. The van der Waals surface area contributed by atoms with E-state index < -0.39 is 0 Å². The van der Waals surface area contributed by atoms with Crippen LogP contribution in [-0.4, -0.2) is 10.9 Å². The van der Waals surface area contributed by atoms with E-state index >= 15 is 0 Å². The van der Waals surface area contributed by atoms with Crippen molar-refractivity contribution in [3.05, 3.63) is 60.0 Å². The summed E-state index contributed by atoms with van der Waals surface area (Å²) in [6, 6.07) is 15.1. The molecule has 1 aromatic heterocycles. The van der Waals surface area contributed by atoms with Crippen molar-refractivity contribution < 1.29 is 9.21 Å². The van der Waals surface area contributed by atoms with Gasteiger partial charge in [0, 0.05) is 17.3 Å². The molecule has 1 aliphatic rings. The van der Waals surface area contributed by atoms with Gasteiger partial charge in [-0.1, -0.05) is 30.3 Å². The number of aromatic nitrogens is 1. The largest absolute Gasteiger partial charge is 0.437 e. The van der Waals surface area contributed by atoms with E-state index in [-0.39, 0.29) is 5.91 Å². The fourth-order valence-electron chi connectivity index (χ4n) is 2.36. The van der Waals surface area contributed by atoms with Crippen LogP contribution in [0.15, 0.2) is 52.9 Å². The van der Waals surface area contributed by atoms with Gasteiger partial charge in [0.05, 0.1) is 5.57 Å². The predicted octanol–water partition coefficient (Wildman–Crippen LogP) is 3.32. The zero-order valence-electron chi connectivity index (χ0n) is 10.5. The van der Waals surface area contributed by atoms with Crippen LogP contribution < -0.4 is 5.32 Å². The smallest absolute Gasteiger partial charge is 0.256 e. The van der Waals surface area contributed by atoms with E-state index in [1.807, 2.05) is 48.5 Å². The van der Waals surface area contributed by atoms with Crippen LogP contribution in [0.2, 0.25) is 0 Å². The number of oxazole rings is 1. The van der Waals surface area contributed by atoms with Crippen LogP contribution in [0.1, 0.15) is 11.5 Å². The molecule has 3 aromatic rings. The van der Waals surface area contributed by atoms with Crippen molar-refractivity contribution in [2.45, 2.75) is 0 Å². The number of carbonyl (C=O) groups excluding carboxylic acids is 1. The summed E-state index contributed by atoms with van der Waals surface area (Å²) in [5.41, 5.74) is 3.77. The molecule has 0 aliphatic carbocycles. The van der Waals surface area contributed by atoms with Crippen LogP contribution in [-0.2, 0) is 4.79 Å². The molecule has 96 valence electrons. The second kappa shape index (κ2) is 4.06. The van der Waals surface area contributed by atoms with Gasteiger partial charge < -0.3 is 9.73 Å².